The van der Waals surface area contributed by atoms with Gasteiger partial charge in [-0.05, 0) is 70.1 Å². The van der Waals surface area contributed by atoms with Gasteiger partial charge in [0.05, 0.1) is 7.11 Å². The fraction of sp³-hybridized carbons (Fsp3) is 0.625. The van der Waals surface area contributed by atoms with Crippen molar-refractivity contribution in [2.45, 2.75) is 32.7 Å². The van der Waals surface area contributed by atoms with Crippen LogP contribution >= 0.6 is 0 Å². The molecule has 0 heterocycles. The number of hydrogen-bond acceptors (Lipinski definition) is 3. The highest BCUT2D eigenvalue weighted by atomic mass is 16.5. The molecule has 0 amide bonds. The van der Waals surface area contributed by atoms with Crippen molar-refractivity contribution in [3.8, 4) is 5.75 Å². The highest BCUT2D eigenvalue weighted by Gasteiger charge is 2.50. The van der Waals surface area contributed by atoms with E-state index < -0.39 is 0 Å². The molecule has 2 rings (SSSR count). The van der Waals surface area contributed by atoms with E-state index in [2.05, 4.69) is 45.0 Å². The quantitative estimate of drug-likeness (QED) is 0.886. The summed E-state index contributed by atoms with van der Waals surface area (Å²) in [5.74, 6) is 0.969. The number of nitrogens with zero attached hydrogens (tertiary/aromatic N) is 1. The number of benzene rings is 1. The largest absolute Gasteiger partial charge is 0.496 e. The molecule has 0 radical (unpaired) electrons. The first kappa shape index (κ1) is 14.4. The van der Waals surface area contributed by atoms with Gasteiger partial charge in [0.15, 0.2) is 0 Å². The molecule has 1 aromatic rings. The molecule has 2 N–H and O–H groups in total. The van der Waals surface area contributed by atoms with E-state index in [0.29, 0.717) is 6.04 Å². The Bertz CT molecular complexity index is 464. The molecule has 1 unspecified atom stereocenters. The minimum atomic E-state index is 0.273. The van der Waals surface area contributed by atoms with E-state index in [1.54, 1.807) is 7.11 Å². The zero-order valence-electron chi connectivity index (χ0n) is 12.8. The molecule has 1 fully saturated rings. The van der Waals surface area contributed by atoms with Gasteiger partial charge in [-0.1, -0.05) is 6.07 Å². The second-order valence-corrected chi connectivity index (χ2v) is 6.04. The van der Waals surface area contributed by atoms with Gasteiger partial charge in [-0.2, -0.15) is 0 Å². The average molecular weight is 262 g/mol. The maximum atomic E-state index is 6.04. The lowest BCUT2D eigenvalue weighted by molar-refractivity contribution is 0.197. The van der Waals surface area contributed by atoms with E-state index >= 15 is 0 Å². The SMILES string of the molecule is COc1ccc(C(N(C)C)C2(CN)CC2)c(C)c1C. The van der Waals surface area contributed by atoms with Crippen LogP contribution in [0.4, 0.5) is 0 Å². The summed E-state index contributed by atoms with van der Waals surface area (Å²) in [5, 5.41) is 0. The monoisotopic (exact) mass is 262 g/mol. The number of hydrogen-bond donors (Lipinski definition) is 1. The van der Waals surface area contributed by atoms with Crippen LogP contribution in [0.15, 0.2) is 12.1 Å². The zero-order valence-corrected chi connectivity index (χ0v) is 12.8. The van der Waals surface area contributed by atoms with Gasteiger partial charge in [0, 0.05) is 11.5 Å². The van der Waals surface area contributed by atoms with Crippen LogP contribution in [-0.4, -0.2) is 32.6 Å². The Morgan fingerprint density at radius 3 is 2.32 bits per heavy atom. The number of methoxy groups -OCH3 is 1. The molecule has 19 heavy (non-hydrogen) atoms. The van der Waals surface area contributed by atoms with Crippen LogP contribution in [0, 0.1) is 19.3 Å². The van der Waals surface area contributed by atoms with Crippen molar-refractivity contribution >= 4 is 0 Å². The highest BCUT2D eigenvalue weighted by Crippen LogP contribution is 2.56. The smallest absolute Gasteiger partial charge is 0.122 e. The summed E-state index contributed by atoms with van der Waals surface area (Å²) in [7, 11) is 6.03. The van der Waals surface area contributed by atoms with Crippen LogP contribution in [0.25, 0.3) is 0 Å². The van der Waals surface area contributed by atoms with Gasteiger partial charge in [-0.15, -0.1) is 0 Å². The molecule has 1 aliphatic carbocycles. The Balaban J connectivity index is 2.47. The van der Waals surface area contributed by atoms with Crippen molar-refractivity contribution in [1.29, 1.82) is 0 Å². The van der Waals surface area contributed by atoms with Crippen molar-refractivity contribution in [2.24, 2.45) is 11.1 Å². The third kappa shape index (κ3) is 2.37. The summed E-state index contributed by atoms with van der Waals surface area (Å²) in [4.78, 5) is 2.31. The molecule has 106 valence electrons. The second kappa shape index (κ2) is 5.14. The lowest BCUT2D eigenvalue weighted by Gasteiger charge is -2.34. The zero-order chi connectivity index (χ0) is 14.2. The number of nitrogens with two attached hydrogens (primary N) is 1. The molecular formula is C16H26N2O. The molecule has 0 aromatic heterocycles. The lowest BCUT2D eigenvalue weighted by Crippen LogP contribution is -2.34. The first-order valence-corrected chi connectivity index (χ1v) is 6.97. The van der Waals surface area contributed by atoms with Crippen LogP contribution in [0.5, 0.6) is 5.75 Å². The van der Waals surface area contributed by atoms with Gasteiger partial charge in [-0.3, -0.25) is 0 Å². The van der Waals surface area contributed by atoms with E-state index in [9.17, 15) is 0 Å². The predicted octanol–water partition coefficient (Wildman–Crippen LogP) is 2.65. The second-order valence-electron chi connectivity index (χ2n) is 6.04. The fourth-order valence-corrected chi connectivity index (χ4v) is 3.24. The Labute approximate surface area is 116 Å². The third-order valence-electron chi connectivity index (χ3n) is 4.69. The standard InChI is InChI=1S/C16H26N2O/c1-11-12(2)14(19-5)7-6-13(11)15(18(3)4)16(10-17)8-9-16/h6-7,15H,8-10,17H2,1-5H3. The van der Waals surface area contributed by atoms with Gasteiger partial charge in [0.25, 0.3) is 0 Å². The van der Waals surface area contributed by atoms with Gasteiger partial charge >= 0.3 is 0 Å². The summed E-state index contributed by atoms with van der Waals surface area (Å²) in [6, 6.07) is 4.70. The molecule has 1 aliphatic rings. The normalized spacial score (nSPS) is 18.5. The molecule has 0 saturated heterocycles. The fourth-order valence-electron chi connectivity index (χ4n) is 3.24. The third-order valence-corrected chi connectivity index (χ3v) is 4.69. The Hall–Kier alpha value is -1.06. The van der Waals surface area contributed by atoms with Crippen LogP contribution in [0.2, 0.25) is 0 Å². The first-order chi connectivity index (χ1) is 8.96. The minimum absolute atomic E-state index is 0.273. The Morgan fingerprint density at radius 1 is 1.26 bits per heavy atom. The molecule has 0 spiro atoms. The number of ether oxygens (including phenoxy) is 1. The van der Waals surface area contributed by atoms with E-state index in [-0.39, 0.29) is 5.41 Å². The molecular weight excluding hydrogens is 236 g/mol. The first-order valence-electron chi connectivity index (χ1n) is 6.97. The lowest BCUT2D eigenvalue weighted by atomic mass is 9.85. The summed E-state index contributed by atoms with van der Waals surface area (Å²) in [5.41, 5.74) is 10.3. The predicted molar refractivity (Wildman–Crippen MR) is 79.6 cm³/mol. The van der Waals surface area contributed by atoms with Crippen molar-refractivity contribution in [3.63, 3.8) is 0 Å². The maximum Gasteiger partial charge on any atom is 0.122 e. The Morgan fingerprint density at radius 2 is 1.89 bits per heavy atom. The molecule has 3 nitrogen and oxygen atoms in total. The summed E-state index contributed by atoms with van der Waals surface area (Å²) >= 11 is 0. The maximum absolute atomic E-state index is 6.04. The average Bonchev–Trinajstić information content (AvgIpc) is 3.16. The summed E-state index contributed by atoms with van der Waals surface area (Å²) < 4.78 is 5.41. The minimum Gasteiger partial charge on any atom is -0.496 e. The van der Waals surface area contributed by atoms with Gasteiger partial charge in [0.2, 0.25) is 0 Å². The van der Waals surface area contributed by atoms with Gasteiger partial charge in [0.1, 0.15) is 5.75 Å². The number of rotatable bonds is 5. The van der Waals surface area contributed by atoms with E-state index in [1.807, 2.05) is 0 Å². The topological polar surface area (TPSA) is 38.5 Å². The highest BCUT2D eigenvalue weighted by molar-refractivity contribution is 5.45. The van der Waals surface area contributed by atoms with E-state index in [4.69, 9.17) is 10.5 Å². The molecule has 1 aromatic carbocycles. The molecule has 1 saturated carbocycles. The van der Waals surface area contributed by atoms with Crippen molar-refractivity contribution in [2.75, 3.05) is 27.7 Å². The van der Waals surface area contributed by atoms with Crippen molar-refractivity contribution < 1.29 is 4.74 Å². The summed E-state index contributed by atoms with van der Waals surface area (Å²) in [6.07, 6.45) is 2.47. The van der Waals surface area contributed by atoms with Crippen LogP contribution in [0.3, 0.4) is 0 Å². The summed E-state index contributed by atoms with van der Waals surface area (Å²) in [6.45, 7) is 5.09. The van der Waals surface area contributed by atoms with E-state index in [1.165, 1.54) is 29.5 Å². The Kier molecular flexibility index (Phi) is 3.88. The van der Waals surface area contributed by atoms with Crippen molar-refractivity contribution in [3.05, 3.63) is 28.8 Å². The molecule has 3 heteroatoms. The van der Waals surface area contributed by atoms with Gasteiger partial charge in [-0.25, -0.2) is 0 Å². The van der Waals surface area contributed by atoms with Crippen molar-refractivity contribution in [1.82, 2.24) is 4.90 Å². The molecule has 0 aliphatic heterocycles. The molecule has 1 atom stereocenters. The van der Waals surface area contributed by atoms with Crippen LogP contribution in [-0.2, 0) is 0 Å². The van der Waals surface area contributed by atoms with Crippen LogP contribution < -0.4 is 10.5 Å². The molecule has 0 bridgehead atoms. The van der Waals surface area contributed by atoms with E-state index in [0.717, 1.165) is 12.3 Å². The van der Waals surface area contributed by atoms with Gasteiger partial charge < -0.3 is 15.4 Å². The van der Waals surface area contributed by atoms with Crippen LogP contribution in [0.1, 0.15) is 35.6 Å².